The summed E-state index contributed by atoms with van der Waals surface area (Å²) < 4.78 is 28.5. The number of ether oxygens (including phenoxy) is 2. The van der Waals surface area contributed by atoms with E-state index in [1.54, 1.807) is 31.1 Å². The Bertz CT molecular complexity index is 2620. The van der Waals surface area contributed by atoms with Crippen molar-refractivity contribution in [2.45, 2.75) is 54.6 Å². The number of halogens is 1. The fraction of sp³-hybridized carbons (Fsp3) is 0.442. The number of fused-ring (bicyclic) bond motifs is 6. The van der Waals surface area contributed by atoms with E-state index in [-0.39, 0.29) is 65.5 Å². The Morgan fingerprint density at radius 2 is 1.79 bits per heavy atom. The molecule has 1 unspecified atom stereocenters. The summed E-state index contributed by atoms with van der Waals surface area (Å²) in [4.78, 5) is 85.7. The molecule has 5 atom stereocenters. The number of nitrogens with two attached hydrogens (primary N) is 1. The van der Waals surface area contributed by atoms with Crippen molar-refractivity contribution in [3.05, 3.63) is 73.9 Å². The number of aromatic nitrogens is 1. The number of piperazine rings is 1. The largest absolute Gasteiger partial charge is 0.508 e. The number of aliphatic hydroxyl groups is 3. The number of hydrogen-bond acceptors (Lipinski definition) is 16. The van der Waals surface area contributed by atoms with Crippen molar-refractivity contribution in [3.63, 3.8) is 0 Å². The van der Waals surface area contributed by atoms with Crippen molar-refractivity contribution in [1.82, 2.24) is 14.8 Å². The summed E-state index contributed by atoms with van der Waals surface area (Å²) in [7, 11) is 6.59. The molecule has 0 radical (unpaired) electrons. The standard InChI is InChI=1S/C43H47FN6O11S/c1-19-50-26-18-27(49-12-10-46-11-13-49)24(44)17-22(26)35(52)33(41(50)62-19)42(58)60-14-6-7-29(51)61-28-9-8-25(47(2)3)21-15-20-16-23-34(48(4)5)37(54)32(40(45)57)39(56)43(23,59)38(55)30(20)36(53)31(21)28/h8-9,17-20,23,34,46,53,56,59H,6-7,10-16H2,1-5H3,(H2,45,57)/t19?,20-,23-,34-,43-/m1/s1. The molecular formula is C43H47FN6O11S. The van der Waals surface area contributed by atoms with Crippen molar-refractivity contribution in [2.75, 3.05) is 70.8 Å². The number of pyridine rings is 1. The Kier molecular flexibility index (Phi) is 11.0. The molecule has 2 aliphatic heterocycles. The molecule has 328 valence electrons. The molecule has 8 rings (SSSR count). The van der Waals surface area contributed by atoms with Crippen LogP contribution in [0.2, 0.25) is 0 Å². The van der Waals surface area contributed by atoms with Gasteiger partial charge in [-0.3, -0.25) is 28.9 Å². The number of nitrogens with zero attached hydrogens (tertiary/aromatic N) is 4. The van der Waals surface area contributed by atoms with Gasteiger partial charge in [-0.05, 0) is 76.0 Å². The Balaban J connectivity index is 1.01. The van der Waals surface area contributed by atoms with Gasteiger partial charge in [0.2, 0.25) is 11.2 Å². The number of likely N-dealkylation sites (N-methyl/N-ethyl adjacent to an activating group) is 1. The zero-order chi connectivity index (χ0) is 44.7. The monoisotopic (exact) mass is 874 g/mol. The van der Waals surface area contributed by atoms with Gasteiger partial charge in [-0.2, -0.15) is 0 Å². The maximum atomic E-state index is 15.4. The molecule has 17 nitrogen and oxygen atoms in total. The molecule has 0 bridgehead atoms. The minimum absolute atomic E-state index is 0.00468. The van der Waals surface area contributed by atoms with E-state index in [0.717, 1.165) is 0 Å². The molecule has 19 heteroatoms. The first-order valence-corrected chi connectivity index (χ1v) is 21.2. The quantitative estimate of drug-likeness (QED) is 0.0852. The Morgan fingerprint density at radius 1 is 1.08 bits per heavy atom. The zero-order valence-electron chi connectivity index (χ0n) is 34.7. The number of rotatable bonds is 10. The van der Waals surface area contributed by atoms with E-state index in [4.69, 9.17) is 15.2 Å². The molecule has 6 N–H and O–H groups in total. The lowest BCUT2D eigenvalue weighted by Crippen LogP contribution is -2.65. The van der Waals surface area contributed by atoms with Crippen LogP contribution in [0.25, 0.3) is 16.7 Å². The SMILES string of the molecule is CC1Sc2c(C(=O)OCCCC(=O)Oc3ccc(N(C)C)c4c3C(O)=C3C(=O)[C@@]5(O)C(O)=C(C(N)=O)C(=O)[C@H](N(C)C)[C@H]5C[C@H]3C4)c(=O)c3cc(F)c(N4CCNCC4)cc3n21. The molecule has 2 aromatic carbocycles. The predicted octanol–water partition coefficient (Wildman–Crippen LogP) is 2.35. The van der Waals surface area contributed by atoms with Crippen LogP contribution in [0, 0.1) is 17.7 Å². The molecule has 1 saturated heterocycles. The molecular weight excluding hydrogens is 828 g/mol. The highest BCUT2D eigenvalue weighted by Crippen LogP contribution is 2.54. The Morgan fingerprint density at radius 3 is 2.44 bits per heavy atom. The van der Waals surface area contributed by atoms with Gasteiger partial charge in [0.25, 0.3) is 5.91 Å². The van der Waals surface area contributed by atoms with E-state index >= 15 is 4.39 Å². The third-order valence-electron chi connectivity index (χ3n) is 12.6. The maximum absolute atomic E-state index is 15.4. The number of hydrogen-bond donors (Lipinski definition) is 5. The number of aliphatic hydroxyl groups excluding tert-OH is 2. The molecule has 2 fully saturated rings. The first kappa shape index (κ1) is 42.9. The molecule has 5 aliphatic rings. The van der Waals surface area contributed by atoms with Gasteiger partial charge >= 0.3 is 11.9 Å². The highest BCUT2D eigenvalue weighted by atomic mass is 32.2. The van der Waals surface area contributed by atoms with Gasteiger partial charge in [-0.15, -0.1) is 0 Å². The fourth-order valence-corrected chi connectivity index (χ4v) is 10.9. The minimum atomic E-state index is -2.78. The predicted molar refractivity (Wildman–Crippen MR) is 226 cm³/mol. The minimum Gasteiger partial charge on any atom is -0.508 e. The fourth-order valence-electron chi connectivity index (χ4n) is 9.71. The van der Waals surface area contributed by atoms with Crippen LogP contribution in [0.3, 0.4) is 0 Å². The van der Waals surface area contributed by atoms with Crippen LogP contribution < -0.4 is 31.0 Å². The molecule has 1 aromatic heterocycles. The van der Waals surface area contributed by atoms with E-state index in [2.05, 4.69) is 5.32 Å². The first-order valence-electron chi connectivity index (χ1n) is 20.3. The van der Waals surface area contributed by atoms with Gasteiger partial charge in [0.15, 0.2) is 11.4 Å². The van der Waals surface area contributed by atoms with Crippen LogP contribution in [0.5, 0.6) is 5.75 Å². The second kappa shape index (κ2) is 15.9. The van der Waals surface area contributed by atoms with Crippen molar-refractivity contribution in [2.24, 2.45) is 17.6 Å². The van der Waals surface area contributed by atoms with Gasteiger partial charge < -0.3 is 50.2 Å². The third-order valence-corrected chi connectivity index (χ3v) is 13.7. The van der Waals surface area contributed by atoms with E-state index in [1.165, 1.54) is 42.9 Å². The number of benzene rings is 2. The van der Waals surface area contributed by atoms with Crippen LogP contribution in [0.4, 0.5) is 15.8 Å². The van der Waals surface area contributed by atoms with Crippen molar-refractivity contribution in [3.8, 4) is 5.75 Å². The van der Waals surface area contributed by atoms with Crippen molar-refractivity contribution < 1.29 is 53.2 Å². The van der Waals surface area contributed by atoms with Gasteiger partial charge in [0.05, 0.1) is 39.8 Å². The molecule has 3 aliphatic carbocycles. The van der Waals surface area contributed by atoms with Gasteiger partial charge in [-0.1, -0.05) is 11.8 Å². The number of ketones is 2. The second-order valence-electron chi connectivity index (χ2n) is 16.7. The molecule has 0 spiro atoms. The summed E-state index contributed by atoms with van der Waals surface area (Å²) in [6.07, 6.45) is -0.231. The third kappa shape index (κ3) is 6.63. The average Bonchev–Trinajstić information content (AvgIpc) is 3.20. The van der Waals surface area contributed by atoms with Gasteiger partial charge in [0, 0.05) is 69.3 Å². The topological polar surface area (TPSA) is 234 Å². The van der Waals surface area contributed by atoms with E-state index < -0.39 is 81.2 Å². The van der Waals surface area contributed by atoms with Crippen molar-refractivity contribution in [1.29, 1.82) is 0 Å². The normalized spacial score (nSPS) is 24.3. The van der Waals surface area contributed by atoms with Crippen molar-refractivity contribution >= 4 is 69.2 Å². The molecule has 62 heavy (non-hydrogen) atoms. The van der Waals surface area contributed by atoms with Crippen LogP contribution >= 0.6 is 11.8 Å². The van der Waals surface area contributed by atoms with Crippen LogP contribution in [-0.2, 0) is 30.3 Å². The lowest BCUT2D eigenvalue weighted by molar-refractivity contribution is -0.153. The molecule has 1 amide bonds. The summed E-state index contributed by atoms with van der Waals surface area (Å²) >= 11 is 1.32. The van der Waals surface area contributed by atoms with Gasteiger partial charge in [0.1, 0.15) is 34.2 Å². The van der Waals surface area contributed by atoms with E-state index in [0.29, 0.717) is 53.7 Å². The lowest BCUT2D eigenvalue weighted by Gasteiger charge is -2.50. The number of primary amides is 1. The number of carbonyl (C=O) groups excluding carboxylic acids is 5. The molecule has 1 saturated carbocycles. The number of nitrogens with one attached hydrogen (secondary N) is 1. The zero-order valence-corrected chi connectivity index (χ0v) is 35.6. The summed E-state index contributed by atoms with van der Waals surface area (Å²) in [6.45, 7) is 4.24. The molecule has 3 heterocycles. The second-order valence-corrected chi connectivity index (χ2v) is 18.0. The van der Waals surface area contributed by atoms with Crippen LogP contribution in [0.1, 0.15) is 53.0 Å². The number of amides is 1. The van der Waals surface area contributed by atoms with E-state index in [9.17, 15) is 44.1 Å². The van der Waals surface area contributed by atoms with E-state index in [1.807, 2.05) is 16.4 Å². The van der Waals surface area contributed by atoms with Crippen LogP contribution in [-0.4, -0.2) is 127 Å². The van der Waals surface area contributed by atoms with Gasteiger partial charge in [-0.25, -0.2) is 9.18 Å². The molecule has 3 aromatic rings. The maximum Gasteiger partial charge on any atom is 0.344 e. The Hall–Kier alpha value is -5.76. The van der Waals surface area contributed by atoms with Crippen LogP contribution in [0.15, 0.2) is 51.0 Å². The number of esters is 2. The summed E-state index contributed by atoms with van der Waals surface area (Å²) in [5.41, 5.74) is 2.68. The highest BCUT2D eigenvalue weighted by molar-refractivity contribution is 8.00. The number of thioether (sulfide) groups is 1. The number of carbonyl (C=O) groups is 5. The first-order chi connectivity index (χ1) is 29.4. The number of Topliss-reactive ketones (excluding diaryl/α,β-unsaturated/α-hetero) is 2. The average molecular weight is 875 g/mol. The number of anilines is 2. The lowest BCUT2D eigenvalue weighted by atomic mass is 9.57. The smallest absolute Gasteiger partial charge is 0.344 e. The Labute approximate surface area is 358 Å². The highest BCUT2D eigenvalue weighted by Gasteiger charge is 2.64. The summed E-state index contributed by atoms with van der Waals surface area (Å²) in [6, 6.07) is 4.74. The summed E-state index contributed by atoms with van der Waals surface area (Å²) in [5.74, 6) is -9.39. The summed E-state index contributed by atoms with van der Waals surface area (Å²) in [5, 5.41) is 38.6.